The van der Waals surface area contributed by atoms with Gasteiger partial charge in [0.2, 0.25) is 0 Å². The van der Waals surface area contributed by atoms with Crippen molar-refractivity contribution in [2.24, 2.45) is 0 Å². The van der Waals surface area contributed by atoms with Crippen molar-refractivity contribution in [3.8, 4) is 0 Å². The van der Waals surface area contributed by atoms with E-state index in [0.29, 0.717) is 12.8 Å². The quantitative estimate of drug-likeness (QED) is 0.0183. The van der Waals surface area contributed by atoms with Crippen molar-refractivity contribution < 1.29 is 43.3 Å². The second kappa shape index (κ2) is 27.3. The lowest BCUT2D eigenvalue weighted by Gasteiger charge is -2.44. The standard InChI is InChI=1S/C34H68NO8P/c1-5-7-8-9-10-11-12-13-14-15-16-17-18-19-20-21-22-23-24-26-34(39)42-29-31(36)30-43-44(40,41)32(25-6-2)35(3,4)28-27-33(37)38/h16-17,31-33,36-38H,5-15,18-30H2,1-4H3/b17-16-/t31-,32?/m1/s1. The molecule has 0 aromatic heterocycles. The van der Waals surface area contributed by atoms with Gasteiger partial charge >= 0.3 is 5.97 Å². The SMILES string of the molecule is CCCCCCCCCCC/C=C\CCCCCCCCC(=O)OC[C@@H](O)COP(=O)([O-])C(CCC)[N+](C)(C)CCC(O)O. The molecule has 2 unspecified atom stereocenters. The highest BCUT2D eigenvalue weighted by molar-refractivity contribution is 7.51. The van der Waals surface area contributed by atoms with E-state index in [2.05, 4.69) is 19.1 Å². The van der Waals surface area contributed by atoms with Crippen LogP contribution < -0.4 is 4.89 Å². The van der Waals surface area contributed by atoms with E-state index < -0.39 is 38.3 Å². The Kier molecular flexibility index (Phi) is 26.8. The number of allylic oxidation sites excluding steroid dienone is 2. The maximum Gasteiger partial charge on any atom is 0.305 e. The normalized spacial score (nSPS) is 15.1. The Morgan fingerprint density at radius 3 is 1.75 bits per heavy atom. The minimum Gasteiger partial charge on any atom is -0.774 e. The van der Waals surface area contributed by atoms with Gasteiger partial charge < -0.3 is 38.5 Å². The molecule has 262 valence electrons. The van der Waals surface area contributed by atoms with Crippen molar-refractivity contribution in [1.82, 2.24) is 0 Å². The lowest BCUT2D eigenvalue weighted by Crippen LogP contribution is -2.51. The number of esters is 1. The van der Waals surface area contributed by atoms with Crippen molar-refractivity contribution in [2.45, 2.75) is 167 Å². The van der Waals surface area contributed by atoms with Crippen molar-refractivity contribution >= 4 is 13.6 Å². The molecule has 0 fully saturated rings. The third kappa shape index (κ3) is 24.4. The van der Waals surface area contributed by atoms with Crippen LogP contribution in [0.25, 0.3) is 0 Å². The summed E-state index contributed by atoms with van der Waals surface area (Å²) in [6, 6.07) is 0. The molecule has 3 N–H and O–H groups in total. The molecule has 0 saturated carbocycles. The summed E-state index contributed by atoms with van der Waals surface area (Å²) in [5, 5.41) is 28.5. The van der Waals surface area contributed by atoms with Crippen LogP contribution in [0.15, 0.2) is 12.2 Å². The molecule has 0 amide bonds. The second-order valence-electron chi connectivity index (χ2n) is 13.0. The number of hydrogen-bond donors (Lipinski definition) is 3. The summed E-state index contributed by atoms with van der Waals surface area (Å²) in [6.45, 7) is 3.54. The molecule has 0 radical (unpaired) electrons. The molecule has 0 bridgehead atoms. The Morgan fingerprint density at radius 2 is 1.25 bits per heavy atom. The summed E-state index contributed by atoms with van der Waals surface area (Å²) >= 11 is 0. The predicted octanol–water partition coefficient (Wildman–Crippen LogP) is 6.96. The van der Waals surface area contributed by atoms with E-state index >= 15 is 0 Å². The van der Waals surface area contributed by atoms with Crippen molar-refractivity contribution in [2.75, 3.05) is 33.9 Å². The molecule has 0 spiro atoms. The number of quaternary nitrogens is 1. The van der Waals surface area contributed by atoms with E-state index in [4.69, 9.17) is 9.26 Å². The lowest BCUT2D eigenvalue weighted by atomic mass is 10.1. The van der Waals surface area contributed by atoms with Gasteiger partial charge in [-0.1, -0.05) is 103 Å². The van der Waals surface area contributed by atoms with Gasteiger partial charge in [-0.15, -0.1) is 0 Å². The molecule has 0 aliphatic carbocycles. The highest BCUT2D eigenvalue weighted by atomic mass is 31.2. The summed E-state index contributed by atoms with van der Waals surface area (Å²) in [7, 11) is -0.995. The van der Waals surface area contributed by atoms with E-state index in [0.717, 1.165) is 32.1 Å². The van der Waals surface area contributed by atoms with E-state index in [-0.39, 0.29) is 30.5 Å². The smallest absolute Gasteiger partial charge is 0.305 e. The summed E-state index contributed by atoms with van der Waals surface area (Å²) in [5.41, 5.74) is 0. The lowest BCUT2D eigenvalue weighted by molar-refractivity contribution is -0.905. The number of ether oxygens (including phenoxy) is 1. The first-order chi connectivity index (χ1) is 21.0. The van der Waals surface area contributed by atoms with Crippen LogP contribution in [0.1, 0.15) is 149 Å². The van der Waals surface area contributed by atoms with Crippen LogP contribution in [0, 0.1) is 0 Å². The first kappa shape index (κ1) is 43.2. The Balaban J connectivity index is 3.88. The second-order valence-corrected chi connectivity index (χ2v) is 14.9. The Labute approximate surface area is 269 Å². The average Bonchev–Trinajstić information content (AvgIpc) is 2.97. The van der Waals surface area contributed by atoms with E-state index in [1.807, 2.05) is 6.92 Å². The van der Waals surface area contributed by atoms with Crippen LogP contribution in [0.2, 0.25) is 0 Å². The summed E-state index contributed by atoms with van der Waals surface area (Å²) in [5.74, 6) is -1.30. The zero-order valence-electron chi connectivity index (χ0n) is 28.6. The summed E-state index contributed by atoms with van der Waals surface area (Å²) in [4.78, 5) is 24.9. The van der Waals surface area contributed by atoms with Gasteiger partial charge in [0.25, 0.3) is 0 Å². The van der Waals surface area contributed by atoms with Gasteiger partial charge in [-0.2, -0.15) is 0 Å². The number of nitrogens with zero attached hydrogens (tertiary/aromatic N) is 1. The van der Waals surface area contributed by atoms with Gasteiger partial charge in [-0.25, -0.2) is 0 Å². The molecule has 9 nitrogen and oxygen atoms in total. The van der Waals surface area contributed by atoms with Gasteiger partial charge in [0.05, 0.1) is 27.2 Å². The molecule has 0 saturated heterocycles. The van der Waals surface area contributed by atoms with Crippen LogP contribution >= 0.6 is 7.60 Å². The maximum absolute atomic E-state index is 12.9. The van der Waals surface area contributed by atoms with Crippen molar-refractivity contribution in [3.05, 3.63) is 12.2 Å². The number of carbonyl (C=O) groups excluding carboxylic acids is 1. The topological polar surface area (TPSA) is 136 Å². The number of unbranched alkanes of at least 4 members (excludes halogenated alkanes) is 15. The van der Waals surface area contributed by atoms with E-state index in [9.17, 15) is 29.6 Å². The number of aliphatic hydroxyl groups excluding tert-OH is 2. The molecule has 0 aliphatic rings. The fraction of sp³-hybridized carbons (Fsp3) is 0.912. The molecule has 0 rings (SSSR count). The Bertz CT molecular complexity index is 762. The largest absolute Gasteiger partial charge is 0.774 e. The zero-order chi connectivity index (χ0) is 33.1. The van der Waals surface area contributed by atoms with Gasteiger partial charge in [0, 0.05) is 19.3 Å². The molecule has 44 heavy (non-hydrogen) atoms. The van der Waals surface area contributed by atoms with E-state index in [1.165, 1.54) is 77.0 Å². The minimum absolute atomic E-state index is 0.00775. The fourth-order valence-electron chi connectivity index (χ4n) is 5.38. The number of rotatable bonds is 31. The van der Waals surface area contributed by atoms with Gasteiger partial charge in [0.1, 0.15) is 12.7 Å². The third-order valence-electron chi connectivity index (χ3n) is 8.21. The summed E-state index contributed by atoms with van der Waals surface area (Å²) in [6.07, 6.45) is 24.1. The van der Waals surface area contributed by atoms with Crippen LogP contribution in [0.4, 0.5) is 0 Å². The molecular formula is C34H68NO8P. The molecule has 0 aromatic carbocycles. The minimum atomic E-state index is -4.40. The highest BCUT2D eigenvalue weighted by Gasteiger charge is 2.38. The number of aliphatic hydroxyl groups is 3. The van der Waals surface area contributed by atoms with Crippen LogP contribution in [-0.4, -0.2) is 77.8 Å². The zero-order valence-corrected chi connectivity index (χ0v) is 29.5. The molecule has 10 heteroatoms. The fourth-order valence-corrected chi connectivity index (χ4v) is 7.39. The van der Waals surface area contributed by atoms with Crippen molar-refractivity contribution in [1.29, 1.82) is 0 Å². The first-order valence-corrected chi connectivity index (χ1v) is 19.2. The highest BCUT2D eigenvalue weighted by Crippen LogP contribution is 2.48. The molecule has 3 atom stereocenters. The predicted molar refractivity (Wildman–Crippen MR) is 177 cm³/mol. The molecule has 0 aromatic rings. The van der Waals surface area contributed by atoms with Gasteiger partial charge in [-0.05, 0) is 38.5 Å². The number of carbonyl (C=O) groups is 1. The molecule has 0 aliphatic heterocycles. The Morgan fingerprint density at radius 1 is 0.750 bits per heavy atom. The summed E-state index contributed by atoms with van der Waals surface area (Å²) < 4.78 is 23.2. The van der Waals surface area contributed by atoms with Gasteiger partial charge in [0.15, 0.2) is 19.7 Å². The van der Waals surface area contributed by atoms with E-state index in [1.54, 1.807) is 14.1 Å². The van der Waals surface area contributed by atoms with Gasteiger partial charge in [-0.3, -0.25) is 4.79 Å². The first-order valence-electron chi connectivity index (χ1n) is 17.6. The van der Waals surface area contributed by atoms with Crippen LogP contribution in [0.5, 0.6) is 0 Å². The average molecular weight is 650 g/mol. The van der Waals surface area contributed by atoms with Crippen molar-refractivity contribution in [3.63, 3.8) is 0 Å². The monoisotopic (exact) mass is 649 g/mol. The Hall–Kier alpha value is -0.800. The van der Waals surface area contributed by atoms with Crippen LogP contribution in [-0.2, 0) is 18.6 Å². The number of hydrogen-bond acceptors (Lipinski definition) is 8. The third-order valence-corrected chi connectivity index (χ3v) is 10.3. The molecule has 0 heterocycles. The maximum atomic E-state index is 12.9. The van der Waals surface area contributed by atoms with Crippen LogP contribution in [0.3, 0.4) is 0 Å². The molecular weight excluding hydrogens is 581 g/mol.